The molecule has 0 saturated carbocycles. The van der Waals surface area contributed by atoms with Crippen LogP contribution in [0.4, 0.5) is 0 Å². The van der Waals surface area contributed by atoms with Crippen LogP contribution in [0.5, 0.6) is 0 Å². The van der Waals surface area contributed by atoms with E-state index in [0.29, 0.717) is 0 Å². The molecule has 0 saturated heterocycles. The molecule has 0 amide bonds. The molecule has 1 rings (SSSR count). The van der Waals surface area contributed by atoms with Crippen molar-refractivity contribution in [2.45, 2.75) is 18.9 Å². The molecule has 0 heterocycles. The first kappa shape index (κ1) is 10.5. The summed E-state index contributed by atoms with van der Waals surface area (Å²) in [5.74, 6) is 0. The Labute approximate surface area is 87.2 Å². The van der Waals surface area contributed by atoms with Crippen molar-refractivity contribution >= 4 is 15.9 Å². The summed E-state index contributed by atoms with van der Waals surface area (Å²) in [4.78, 5) is 0. The fourth-order valence-corrected chi connectivity index (χ4v) is 1.57. The zero-order valence-electron chi connectivity index (χ0n) is 7.41. The molecule has 0 bridgehead atoms. The van der Waals surface area contributed by atoms with Crippen molar-refractivity contribution in [3.63, 3.8) is 0 Å². The van der Waals surface area contributed by atoms with Gasteiger partial charge in [-0.15, -0.1) is 6.58 Å². The molecule has 0 radical (unpaired) electrons. The van der Waals surface area contributed by atoms with Crippen molar-refractivity contribution in [3.8, 4) is 0 Å². The number of rotatable bonds is 4. The van der Waals surface area contributed by atoms with Gasteiger partial charge in [-0.25, -0.2) is 0 Å². The summed E-state index contributed by atoms with van der Waals surface area (Å²) in [6.45, 7) is 3.62. The molecular weight excluding hydrogens is 228 g/mol. The topological polar surface area (TPSA) is 20.2 Å². The number of benzene rings is 1. The average Bonchev–Trinajstić information content (AvgIpc) is 2.14. The van der Waals surface area contributed by atoms with Crippen molar-refractivity contribution < 1.29 is 5.11 Å². The highest BCUT2D eigenvalue weighted by Gasteiger charge is 2.05. The largest absolute Gasteiger partial charge is 0.388 e. The molecule has 1 aromatic carbocycles. The minimum atomic E-state index is -0.379. The van der Waals surface area contributed by atoms with E-state index in [9.17, 15) is 5.11 Å². The molecule has 13 heavy (non-hydrogen) atoms. The number of aliphatic hydroxyl groups excluding tert-OH is 1. The Morgan fingerprint density at radius 3 is 2.92 bits per heavy atom. The molecule has 1 unspecified atom stereocenters. The second-order valence-electron chi connectivity index (χ2n) is 2.94. The lowest BCUT2D eigenvalue weighted by Crippen LogP contribution is -1.96. The SMILES string of the molecule is C=CCCC(O)c1cccc(Br)c1. The second-order valence-corrected chi connectivity index (χ2v) is 3.85. The fourth-order valence-electron chi connectivity index (χ4n) is 1.16. The van der Waals surface area contributed by atoms with Gasteiger partial charge in [0.15, 0.2) is 0 Å². The van der Waals surface area contributed by atoms with Gasteiger partial charge in [0.1, 0.15) is 0 Å². The number of hydrogen-bond acceptors (Lipinski definition) is 1. The van der Waals surface area contributed by atoms with E-state index in [1.807, 2.05) is 30.3 Å². The summed E-state index contributed by atoms with van der Waals surface area (Å²) in [5, 5.41) is 9.71. The molecule has 1 N–H and O–H groups in total. The van der Waals surface area contributed by atoms with Crippen molar-refractivity contribution in [2.24, 2.45) is 0 Å². The van der Waals surface area contributed by atoms with E-state index in [1.165, 1.54) is 0 Å². The van der Waals surface area contributed by atoms with Crippen LogP contribution < -0.4 is 0 Å². The normalized spacial score (nSPS) is 12.5. The number of halogens is 1. The standard InChI is InChI=1S/C11H13BrO/c1-2-3-7-11(13)9-5-4-6-10(12)8-9/h2,4-6,8,11,13H,1,3,7H2. The molecule has 1 atom stereocenters. The van der Waals surface area contributed by atoms with Gasteiger partial charge in [-0.3, -0.25) is 0 Å². The lowest BCUT2D eigenvalue weighted by atomic mass is 10.1. The summed E-state index contributed by atoms with van der Waals surface area (Å²) in [6, 6.07) is 7.74. The molecule has 0 fully saturated rings. The molecule has 1 aromatic rings. The first-order valence-electron chi connectivity index (χ1n) is 4.28. The summed E-state index contributed by atoms with van der Waals surface area (Å²) < 4.78 is 1.00. The zero-order valence-corrected chi connectivity index (χ0v) is 9.00. The maximum Gasteiger partial charge on any atom is 0.0793 e. The van der Waals surface area contributed by atoms with Crippen molar-refractivity contribution in [3.05, 3.63) is 47.0 Å². The Morgan fingerprint density at radius 2 is 2.31 bits per heavy atom. The van der Waals surface area contributed by atoms with Gasteiger partial charge in [0.25, 0.3) is 0 Å². The molecule has 2 heteroatoms. The predicted octanol–water partition coefficient (Wildman–Crippen LogP) is 3.45. The van der Waals surface area contributed by atoms with Gasteiger partial charge in [0.05, 0.1) is 6.10 Å². The summed E-state index contributed by atoms with van der Waals surface area (Å²) in [7, 11) is 0. The maximum atomic E-state index is 9.71. The van der Waals surface area contributed by atoms with Crippen molar-refractivity contribution in [1.82, 2.24) is 0 Å². The predicted molar refractivity (Wildman–Crippen MR) is 58.5 cm³/mol. The minimum Gasteiger partial charge on any atom is -0.388 e. The van der Waals surface area contributed by atoms with Gasteiger partial charge in [-0.2, -0.15) is 0 Å². The highest BCUT2D eigenvalue weighted by Crippen LogP contribution is 2.21. The fraction of sp³-hybridized carbons (Fsp3) is 0.273. The zero-order chi connectivity index (χ0) is 9.68. The van der Waals surface area contributed by atoms with Crippen LogP contribution >= 0.6 is 15.9 Å². The third kappa shape index (κ3) is 3.33. The Kier molecular flexibility index (Phi) is 4.19. The smallest absolute Gasteiger partial charge is 0.0793 e. The Morgan fingerprint density at radius 1 is 1.54 bits per heavy atom. The van der Waals surface area contributed by atoms with Gasteiger partial charge in [-0.1, -0.05) is 34.1 Å². The van der Waals surface area contributed by atoms with Crippen LogP contribution in [-0.2, 0) is 0 Å². The maximum absolute atomic E-state index is 9.71. The lowest BCUT2D eigenvalue weighted by Gasteiger charge is -2.09. The summed E-state index contributed by atoms with van der Waals surface area (Å²) >= 11 is 3.37. The third-order valence-corrected chi connectivity index (χ3v) is 2.37. The van der Waals surface area contributed by atoms with Gasteiger partial charge >= 0.3 is 0 Å². The lowest BCUT2D eigenvalue weighted by molar-refractivity contribution is 0.168. The van der Waals surface area contributed by atoms with E-state index >= 15 is 0 Å². The number of allylic oxidation sites excluding steroid dienone is 1. The van der Waals surface area contributed by atoms with E-state index in [-0.39, 0.29) is 6.10 Å². The number of hydrogen-bond donors (Lipinski definition) is 1. The second kappa shape index (κ2) is 5.20. The van der Waals surface area contributed by atoms with Gasteiger partial charge in [0.2, 0.25) is 0 Å². The summed E-state index contributed by atoms with van der Waals surface area (Å²) in [6.07, 6.45) is 3.02. The van der Waals surface area contributed by atoms with Crippen LogP contribution in [0.1, 0.15) is 24.5 Å². The molecule has 1 nitrogen and oxygen atoms in total. The molecular formula is C11H13BrO. The first-order valence-corrected chi connectivity index (χ1v) is 5.07. The highest BCUT2D eigenvalue weighted by atomic mass is 79.9. The average molecular weight is 241 g/mol. The van der Waals surface area contributed by atoms with Crippen LogP contribution in [0.2, 0.25) is 0 Å². The van der Waals surface area contributed by atoms with Crippen LogP contribution in [0, 0.1) is 0 Å². The molecule has 0 aliphatic carbocycles. The quantitative estimate of drug-likeness (QED) is 0.800. The van der Waals surface area contributed by atoms with E-state index in [0.717, 1.165) is 22.9 Å². The minimum absolute atomic E-state index is 0.379. The van der Waals surface area contributed by atoms with Crippen LogP contribution in [0.25, 0.3) is 0 Å². The van der Waals surface area contributed by atoms with Crippen LogP contribution in [0.3, 0.4) is 0 Å². The Bertz CT molecular complexity index is 283. The summed E-state index contributed by atoms with van der Waals surface area (Å²) in [5.41, 5.74) is 0.955. The molecule has 0 aliphatic heterocycles. The highest BCUT2D eigenvalue weighted by molar-refractivity contribution is 9.10. The number of aliphatic hydroxyl groups is 1. The molecule has 0 aromatic heterocycles. The van der Waals surface area contributed by atoms with Crippen molar-refractivity contribution in [1.29, 1.82) is 0 Å². The van der Waals surface area contributed by atoms with Crippen LogP contribution in [-0.4, -0.2) is 5.11 Å². The monoisotopic (exact) mass is 240 g/mol. The van der Waals surface area contributed by atoms with E-state index in [2.05, 4.69) is 22.5 Å². The Balaban J connectivity index is 2.65. The van der Waals surface area contributed by atoms with Crippen LogP contribution in [0.15, 0.2) is 41.4 Å². The molecule has 0 aliphatic rings. The van der Waals surface area contributed by atoms with Gasteiger partial charge < -0.3 is 5.11 Å². The van der Waals surface area contributed by atoms with Gasteiger partial charge in [-0.05, 0) is 30.5 Å². The van der Waals surface area contributed by atoms with E-state index in [1.54, 1.807) is 0 Å². The van der Waals surface area contributed by atoms with E-state index in [4.69, 9.17) is 0 Å². The molecule has 70 valence electrons. The first-order chi connectivity index (χ1) is 6.24. The Hall–Kier alpha value is -0.600. The third-order valence-electron chi connectivity index (χ3n) is 1.88. The van der Waals surface area contributed by atoms with Gasteiger partial charge in [0, 0.05) is 4.47 Å². The molecule has 0 spiro atoms. The van der Waals surface area contributed by atoms with E-state index < -0.39 is 0 Å². The van der Waals surface area contributed by atoms with Crippen molar-refractivity contribution in [2.75, 3.05) is 0 Å².